The van der Waals surface area contributed by atoms with E-state index in [0.717, 1.165) is 28.1 Å². The van der Waals surface area contributed by atoms with Crippen molar-refractivity contribution in [1.82, 2.24) is 9.97 Å². The molecule has 2 N–H and O–H groups in total. The fourth-order valence-electron chi connectivity index (χ4n) is 2.58. The van der Waals surface area contributed by atoms with Crippen LogP contribution in [-0.4, -0.2) is 24.7 Å². The van der Waals surface area contributed by atoms with Crippen molar-refractivity contribution in [2.24, 2.45) is 0 Å². The minimum absolute atomic E-state index is 0.264. The lowest BCUT2D eigenvalue weighted by Gasteiger charge is -2.07. The van der Waals surface area contributed by atoms with Crippen molar-refractivity contribution < 1.29 is 13.2 Å². The number of nitrogens with one attached hydrogen (secondary N) is 2. The molecular weight excluding hydrogens is 390 g/mol. The second-order valence-corrected chi connectivity index (χ2v) is 9.22. The molecule has 0 fully saturated rings. The highest BCUT2D eigenvalue weighted by molar-refractivity contribution is 7.94. The number of aromatic nitrogens is 2. The molecule has 0 amide bonds. The van der Waals surface area contributed by atoms with Gasteiger partial charge in [0, 0.05) is 17.2 Å². The standard InChI is InChI=1S/C17H13N3O3S3/c21-7-6-12-10-25-17(18-12)14-9-11-3-1-4-13(16(11)19-14)20-26(22,23)15-5-2-8-24-15/h1-5,7-10,19-20H,6H2. The highest BCUT2D eigenvalue weighted by atomic mass is 32.2. The lowest BCUT2D eigenvalue weighted by atomic mass is 10.2. The van der Waals surface area contributed by atoms with Crippen LogP contribution in [0.4, 0.5) is 5.69 Å². The van der Waals surface area contributed by atoms with Crippen LogP contribution in [0.15, 0.2) is 51.4 Å². The number of aldehydes is 1. The summed E-state index contributed by atoms with van der Waals surface area (Å²) in [5, 5.41) is 5.19. The quantitative estimate of drug-likeness (QED) is 0.478. The van der Waals surface area contributed by atoms with E-state index in [1.807, 2.05) is 17.5 Å². The average molecular weight is 404 g/mol. The van der Waals surface area contributed by atoms with E-state index in [1.165, 1.54) is 22.7 Å². The molecule has 0 bridgehead atoms. The summed E-state index contributed by atoms with van der Waals surface area (Å²) in [6.45, 7) is 0. The molecule has 6 nitrogen and oxygen atoms in total. The van der Waals surface area contributed by atoms with Gasteiger partial charge < -0.3 is 9.78 Å². The second-order valence-electron chi connectivity index (χ2n) is 5.51. The SMILES string of the molecule is O=CCc1csc(-c2cc3cccc(NS(=O)(=O)c4cccs4)c3[nH]2)n1. The maximum absolute atomic E-state index is 12.5. The van der Waals surface area contributed by atoms with Crippen LogP contribution in [0.2, 0.25) is 0 Å². The molecule has 0 saturated heterocycles. The molecule has 0 atom stereocenters. The number of hydrogen-bond acceptors (Lipinski definition) is 6. The maximum atomic E-state index is 12.5. The van der Waals surface area contributed by atoms with E-state index in [0.29, 0.717) is 11.2 Å². The monoisotopic (exact) mass is 403 g/mol. The van der Waals surface area contributed by atoms with Crippen molar-refractivity contribution in [2.45, 2.75) is 10.6 Å². The molecule has 132 valence electrons. The van der Waals surface area contributed by atoms with Crippen molar-refractivity contribution in [3.05, 3.63) is 52.9 Å². The predicted octanol–water partition coefficient (Wildman–Crippen LogP) is 3.90. The fraction of sp³-hybridized carbons (Fsp3) is 0.0588. The Morgan fingerprint density at radius 2 is 2.08 bits per heavy atom. The third-order valence-corrected chi connectivity index (χ3v) is 7.42. The number of thiazole rings is 1. The summed E-state index contributed by atoms with van der Waals surface area (Å²) in [6.07, 6.45) is 1.10. The molecule has 1 aromatic carbocycles. The van der Waals surface area contributed by atoms with Gasteiger partial charge in [0.05, 0.1) is 22.6 Å². The van der Waals surface area contributed by atoms with Gasteiger partial charge in [-0.15, -0.1) is 22.7 Å². The van der Waals surface area contributed by atoms with E-state index >= 15 is 0 Å². The maximum Gasteiger partial charge on any atom is 0.271 e. The van der Waals surface area contributed by atoms with Crippen molar-refractivity contribution in [2.75, 3.05) is 4.72 Å². The number of anilines is 1. The number of benzene rings is 1. The Hall–Kier alpha value is -2.49. The number of carbonyl (C=O) groups excluding carboxylic acids is 1. The van der Waals surface area contributed by atoms with Crippen LogP contribution in [0, 0.1) is 0 Å². The molecule has 3 heterocycles. The molecule has 0 unspecified atom stereocenters. The summed E-state index contributed by atoms with van der Waals surface area (Å²) in [6, 6.07) is 10.6. The molecule has 3 aromatic heterocycles. The number of aromatic amines is 1. The minimum Gasteiger partial charge on any atom is -0.351 e. The Bertz CT molecular complexity index is 1170. The van der Waals surface area contributed by atoms with Crippen molar-refractivity contribution >= 4 is 55.6 Å². The molecule has 0 aliphatic carbocycles. The number of rotatable bonds is 6. The number of thiophene rings is 1. The van der Waals surface area contributed by atoms with Gasteiger partial charge in [0.15, 0.2) is 0 Å². The van der Waals surface area contributed by atoms with Crippen molar-refractivity contribution in [1.29, 1.82) is 0 Å². The first kappa shape index (κ1) is 17.0. The van der Waals surface area contributed by atoms with Gasteiger partial charge in [-0.3, -0.25) is 4.72 Å². The second kappa shape index (κ2) is 6.67. The van der Waals surface area contributed by atoms with Gasteiger partial charge in [-0.2, -0.15) is 0 Å². The van der Waals surface area contributed by atoms with Gasteiger partial charge in [-0.1, -0.05) is 18.2 Å². The topological polar surface area (TPSA) is 91.9 Å². The molecular formula is C17H13N3O3S3. The summed E-state index contributed by atoms with van der Waals surface area (Å²) in [5.74, 6) is 0. The molecule has 0 radical (unpaired) electrons. The number of para-hydroxylation sites is 1. The minimum atomic E-state index is -3.62. The molecule has 0 spiro atoms. The van der Waals surface area contributed by atoms with Crippen LogP contribution in [0.25, 0.3) is 21.6 Å². The van der Waals surface area contributed by atoms with Gasteiger partial charge in [0.2, 0.25) is 0 Å². The van der Waals surface area contributed by atoms with Crippen molar-refractivity contribution in [3.63, 3.8) is 0 Å². The highest BCUT2D eigenvalue weighted by Crippen LogP contribution is 2.31. The van der Waals surface area contributed by atoms with E-state index in [9.17, 15) is 13.2 Å². The van der Waals surface area contributed by atoms with Gasteiger partial charge >= 0.3 is 0 Å². The normalized spacial score (nSPS) is 11.7. The third-order valence-electron chi connectivity index (χ3n) is 3.74. The number of hydrogen-bond donors (Lipinski definition) is 2. The fourth-order valence-corrected chi connectivity index (χ4v) is 5.45. The lowest BCUT2D eigenvalue weighted by Crippen LogP contribution is -2.11. The largest absolute Gasteiger partial charge is 0.351 e. The number of H-pyrrole nitrogens is 1. The zero-order valence-electron chi connectivity index (χ0n) is 13.3. The highest BCUT2D eigenvalue weighted by Gasteiger charge is 2.18. The molecule has 4 rings (SSSR count). The van der Waals surface area contributed by atoms with Crippen molar-refractivity contribution in [3.8, 4) is 10.7 Å². The molecule has 4 aromatic rings. The zero-order valence-corrected chi connectivity index (χ0v) is 15.7. The number of fused-ring (bicyclic) bond motifs is 1. The van der Waals surface area contributed by atoms with E-state index in [2.05, 4.69) is 14.7 Å². The molecule has 26 heavy (non-hydrogen) atoms. The summed E-state index contributed by atoms with van der Waals surface area (Å²) in [4.78, 5) is 18.3. The molecule has 9 heteroatoms. The molecule has 0 aliphatic heterocycles. The Kier molecular flexibility index (Phi) is 4.35. The summed E-state index contributed by atoms with van der Waals surface area (Å²) < 4.78 is 27.9. The number of nitrogens with zero attached hydrogens (tertiary/aromatic N) is 1. The van der Waals surface area contributed by atoms with Gasteiger partial charge in [-0.05, 0) is 23.6 Å². The number of sulfonamides is 1. The summed E-state index contributed by atoms with van der Waals surface area (Å²) in [5.41, 5.74) is 2.67. The van der Waals surface area contributed by atoms with Crippen LogP contribution >= 0.6 is 22.7 Å². The van der Waals surface area contributed by atoms with Crippen LogP contribution < -0.4 is 4.72 Å². The Balaban J connectivity index is 1.73. The summed E-state index contributed by atoms with van der Waals surface area (Å²) >= 11 is 2.60. The molecule has 0 aliphatic rings. The third kappa shape index (κ3) is 3.16. The average Bonchev–Trinajstić information content (AvgIpc) is 3.35. The van der Waals surface area contributed by atoms with Crippen LogP contribution in [0.1, 0.15) is 5.69 Å². The smallest absolute Gasteiger partial charge is 0.271 e. The van der Waals surface area contributed by atoms with E-state index in [1.54, 1.807) is 29.6 Å². The first-order valence-corrected chi connectivity index (χ1v) is 10.9. The first-order valence-electron chi connectivity index (χ1n) is 7.63. The Labute approximate surface area is 157 Å². The van der Waals surface area contributed by atoms with E-state index < -0.39 is 10.0 Å². The zero-order chi connectivity index (χ0) is 18.1. The van der Waals surface area contributed by atoms with Crippen LogP contribution in [0.3, 0.4) is 0 Å². The molecule has 0 saturated carbocycles. The Morgan fingerprint density at radius 1 is 1.19 bits per heavy atom. The first-order chi connectivity index (χ1) is 12.6. The van der Waals surface area contributed by atoms with Gasteiger partial charge in [-0.25, -0.2) is 13.4 Å². The number of carbonyl (C=O) groups is 1. The van der Waals surface area contributed by atoms with Gasteiger partial charge in [0.1, 0.15) is 15.5 Å². The predicted molar refractivity (Wildman–Crippen MR) is 104 cm³/mol. The van der Waals surface area contributed by atoms with Gasteiger partial charge in [0.25, 0.3) is 10.0 Å². The van der Waals surface area contributed by atoms with Crippen LogP contribution in [-0.2, 0) is 21.2 Å². The lowest BCUT2D eigenvalue weighted by molar-refractivity contribution is -0.107. The van der Waals surface area contributed by atoms with E-state index in [4.69, 9.17) is 0 Å². The summed E-state index contributed by atoms with van der Waals surface area (Å²) in [7, 11) is -3.62. The van der Waals surface area contributed by atoms with Crippen LogP contribution in [0.5, 0.6) is 0 Å². The van der Waals surface area contributed by atoms with E-state index in [-0.39, 0.29) is 10.6 Å². The Morgan fingerprint density at radius 3 is 2.85 bits per heavy atom.